The van der Waals surface area contributed by atoms with E-state index in [1.807, 2.05) is 0 Å². The van der Waals surface area contributed by atoms with E-state index in [1.165, 1.54) is 35.3 Å². The molecule has 1 amide bonds. The molecule has 0 spiro atoms. The highest BCUT2D eigenvalue weighted by atomic mass is 19.1. The van der Waals surface area contributed by atoms with Crippen LogP contribution in [0.4, 0.5) is 4.39 Å². The monoisotopic (exact) mass is 264 g/mol. The maximum Gasteiger partial charge on any atom is 0.273 e. The van der Waals surface area contributed by atoms with E-state index >= 15 is 0 Å². The van der Waals surface area contributed by atoms with Gasteiger partial charge in [-0.25, -0.2) is 4.39 Å². The zero-order valence-electron chi connectivity index (χ0n) is 10.1. The summed E-state index contributed by atoms with van der Waals surface area (Å²) in [5.74, 6) is -0.709. The smallest absolute Gasteiger partial charge is 0.273 e. The molecular weight excluding hydrogens is 251 g/mol. The molecule has 2 aromatic rings. The highest BCUT2D eigenvalue weighted by molar-refractivity contribution is 5.91. The van der Waals surface area contributed by atoms with Gasteiger partial charge in [0, 0.05) is 13.2 Å². The zero-order valence-corrected chi connectivity index (χ0v) is 10.1. The molecule has 19 heavy (non-hydrogen) atoms. The number of carbonyl (C=O) groups is 1. The molecule has 0 atom stereocenters. The number of rotatable bonds is 5. The number of benzene rings is 1. The normalized spacial score (nSPS) is 10.4. The first-order chi connectivity index (χ1) is 9.20. The van der Waals surface area contributed by atoms with Crippen LogP contribution in [0.2, 0.25) is 0 Å². The van der Waals surface area contributed by atoms with Crippen molar-refractivity contribution >= 4 is 5.91 Å². The fourth-order valence-corrected chi connectivity index (χ4v) is 1.44. The van der Waals surface area contributed by atoms with Crippen LogP contribution >= 0.6 is 0 Å². The van der Waals surface area contributed by atoms with E-state index in [-0.39, 0.29) is 24.0 Å². The SMILES string of the molecule is O=C(NCCCO)c1cnn(-c2ccc(F)cc2)n1. The van der Waals surface area contributed by atoms with Crippen molar-refractivity contribution in [2.75, 3.05) is 13.2 Å². The first-order valence-electron chi connectivity index (χ1n) is 5.78. The minimum atomic E-state index is -0.359. The van der Waals surface area contributed by atoms with Gasteiger partial charge in [-0.15, -0.1) is 5.10 Å². The summed E-state index contributed by atoms with van der Waals surface area (Å²) in [5.41, 5.74) is 0.734. The van der Waals surface area contributed by atoms with Crippen molar-refractivity contribution in [3.05, 3.63) is 42.0 Å². The molecular formula is C12H13FN4O2. The van der Waals surface area contributed by atoms with Crippen LogP contribution in [0.5, 0.6) is 0 Å². The molecule has 2 rings (SSSR count). The van der Waals surface area contributed by atoms with Crippen LogP contribution in [-0.2, 0) is 0 Å². The van der Waals surface area contributed by atoms with Crippen LogP contribution in [0.3, 0.4) is 0 Å². The minimum Gasteiger partial charge on any atom is -0.396 e. The lowest BCUT2D eigenvalue weighted by atomic mass is 10.3. The average Bonchev–Trinajstić information content (AvgIpc) is 2.89. The number of hydrogen-bond donors (Lipinski definition) is 2. The second-order valence-corrected chi connectivity index (χ2v) is 3.83. The van der Waals surface area contributed by atoms with Gasteiger partial charge in [0.15, 0.2) is 5.69 Å². The van der Waals surface area contributed by atoms with Gasteiger partial charge in [0.2, 0.25) is 0 Å². The Bertz CT molecular complexity index is 553. The fourth-order valence-electron chi connectivity index (χ4n) is 1.44. The van der Waals surface area contributed by atoms with Gasteiger partial charge in [-0.05, 0) is 30.7 Å². The second kappa shape index (κ2) is 6.05. The molecule has 1 aromatic carbocycles. The van der Waals surface area contributed by atoms with E-state index in [0.29, 0.717) is 18.7 Å². The molecule has 0 aliphatic heterocycles. The van der Waals surface area contributed by atoms with E-state index < -0.39 is 0 Å². The lowest BCUT2D eigenvalue weighted by Gasteiger charge is -2.00. The molecule has 0 radical (unpaired) electrons. The number of aromatic nitrogens is 3. The van der Waals surface area contributed by atoms with E-state index in [1.54, 1.807) is 0 Å². The average molecular weight is 264 g/mol. The Morgan fingerprint density at radius 2 is 2.11 bits per heavy atom. The van der Waals surface area contributed by atoms with Crippen LogP contribution in [0.15, 0.2) is 30.5 Å². The van der Waals surface area contributed by atoms with Gasteiger partial charge in [-0.3, -0.25) is 4.79 Å². The third-order valence-corrected chi connectivity index (χ3v) is 2.40. The van der Waals surface area contributed by atoms with Crippen molar-refractivity contribution < 1.29 is 14.3 Å². The van der Waals surface area contributed by atoms with Gasteiger partial charge in [0.05, 0.1) is 11.9 Å². The molecule has 0 saturated carbocycles. The predicted molar refractivity (Wildman–Crippen MR) is 65.4 cm³/mol. The summed E-state index contributed by atoms with van der Waals surface area (Å²) >= 11 is 0. The van der Waals surface area contributed by atoms with Crippen molar-refractivity contribution in [1.82, 2.24) is 20.3 Å². The predicted octanol–water partition coefficient (Wildman–Crippen LogP) is 0.519. The topological polar surface area (TPSA) is 80.0 Å². The summed E-state index contributed by atoms with van der Waals surface area (Å²) in [5, 5.41) is 19.1. The second-order valence-electron chi connectivity index (χ2n) is 3.83. The molecule has 0 aliphatic rings. The summed E-state index contributed by atoms with van der Waals surface area (Å²) in [6.45, 7) is 0.390. The number of nitrogens with zero attached hydrogens (tertiary/aromatic N) is 3. The maximum atomic E-state index is 12.8. The van der Waals surface area contributed by atoms with Crippen LogP contribution in [0.25, 0.3) is 5.69 Å². The molecule has 1 heterocycles. The summed E-state index contributed by atoms with van der Waals surface area (Å²) in [6.07, 6.45) is 1.81. The number of amides is 1. The third kappa shape index (κ3) is 3.35. The Labute approximate surface area is 108 Å². The maximum absolute atomic E-state index is 12.8. The number of aliphatic hydroxyl groups excluding tert-OH is 1. The minimum absolute atomic E-state index is 0.0164. The lowest BCUT2D eigenvalue weighted by Crippen LogP contribution is -2.25. The molecule has 0 saturated heterocycles. The Balaban J connectivity index is 2.06. The van der Waals surface area contributed by atoms with Gasteiger partial charge in [0.1, 0.15) is 5.82 Å². The third-order valence-electron chi connectivity index (χ3n) is 2.40. The van der Waals surface area contributed by atoms with Crippen molar-refractivity contribution in [1.29, 1.82) is 0 Å². The Kier molecular flexibility index (Phi) is 4.19. The van der Waals surface area contributed by atoms with E-state index in [9.17, 15) is 9.18 Å². The number of hydrogen-bond acceptors (Lipinski definition) is 4. The van der Waals surface area contributed by atoms with Crippen molar-refractivity contribution in [2.45, 2.75) is 6.42 Å². The van der Waals surface area contributed by atoms with Gasteiger partial charge in [0.25, 0.3) is 5.91 Å². The van der Waals surface area contributed by atoms with Crippen molar-refractivity contribution in [3.63, 3.8) is 0 Å². The molecule has 0 aliphatic carbocycles. The number of carbonyl (C=O) groups excluding carboxylic acids is 1. The first kappa shape index (κ1) is 13.2. The van der Waals surface area contributed by atoms with Crippen LogP contribution < -0.4 is 5.32 Å². The summed E-state index contributed by atoms with van der Waals surface area (Å²) in [6, 6.07) is 5.62. The van der Waals surface area contributed by atoms with Crippen LogP contribution in [0.1, 0.15) is 16.9 Å². The molecule has 2 N–H and O–H groups in total. The molecule has 0 bridgehead atoms. The van der Waals surface area contributed by atoms with Gasteiger partial charge >= 0.3 is 0 Å². The van der Waals surface area contributed by atoms with Gasteiger partial charge < -0.3 is 10.4 Å². The van der Waals surface area contributed by atoms with Gasteiger partial charge in [-0.2, -0.15) is 9.90 Å². The molecule has 6 nitrogen and oxygen atoms in total. The van der Waals surface area contributed by atoms with Crippen molar-refractivity contribution in [2.24, 2.45) is 0 Å². The molecule has 7 heteroatoms. The Hall–Kier alpha value is -2.28. The molecule has 0 fully saturated rings. The first-order valence-corrected chi connectivity index (χ1v) is 5.78. The largest absolute Gasteiger partial charge is 0.396 e. The lowest BCUT2D eigenvalue weighted by molar-refractivity contribution is 0.0945. The molecule has 100 valence electrons. The van der Waals surface area contributed by atoms with E-state index in [4.69, 9.17) is 5.11 Å². The zero-order chi connectivity index (χ0) is 13.7. The summed E-state index contributed by atoms with van der Waals surface area (Å²) in [4.78, 5) is 12.9. The van der Waals surface area contributed by atoms with E-state index in [0.717, 1.165) is 0 Å². The standard InChI is InChI=1S/C12H13FN4O2/c13-9-2-4-10(5-3-9)17-15-8-11(16-17)12(19)14-6-1-7-18/h2-5,8,18H,1,6-7H2,(H,14,19). The summed E-state index contributed by atoms with van der Waals surface area (Å²) in [7, 11) is 0. The quantitative estimate of drug-likeness (QED) is 0.771. The van der Waals surface area contributed by atoms with Crippen LogP contribution in [0, 0.1) is 5.82 Å². The number of aliphatic hydroxyl groups is 1. The number of nitrogens with one attached hydrogen (secondary N) is 1. The highest BCUT2D eigenvalue weighted by Crippen LogP contribution is 2.06. The van der Waals surface area contributed by atoms with Crippen LogP contribution in [-0.4, -0.2) is 39.2 Å². The molecule has 1 aromatic heterocycles. The Morgan fingerprint density at radius 1 is 1.37 bits per heavy atom. The molecule has 0 unspecified atom stereocenters. The Morgan fingerprint density at radius 3 is 2.79 bits per heavy atom. The van der Waals surface area contributed by atoms with Gasteiger partial charge in [-0.1, -0.05) is 0 Å². The summed E-state index contributed by atoms with van der Waals surface area (Å²) < 4.78 is 12.8. The van der Waals surface area contributed by atoms with Crippen molar-refractivity contribution in [3.8, 4) is 5.69 Å². The van der Waals surface area contributed by atoms with E-state index in [2.05, 4.69) is 15.5 Å². The number of halogens is 1. The highest BCUT2D eigenvalue weighted by Gasteiger charge is 2.10. The fraction of sp³-hybridized carbons (Fsp3) is 0.250.